The van der Waals surface area contributed by atoms with Gasteiger partial charge in [-0.25, -0.2) is 8.42 Å². The number of hydrogen-bond donors (Lipinski definition) is 2. The molecule has 0 bridgehead atoms. The summed E-state index contributed by atoms with van der Waals surface area (Å²) in [6, 6.07) is 5.71. The van der Waals surface area contributed by atoms with Gasteiger partial charge in [0.2, 0.25) is 5.60 Å². The van der Waals surface area contributed by atoms with E-state index in [1.54, 1.807) is 11.4 Å². The number of sulfone groups is 1. The number of aliphatic hydroxyl groups is 1. The summed E-state index contributed by atoms with van der Waals surface area (Å²) in [4.78, 5) is 12.7. The second kappa shape index (κ2) is 6.07. The van der Waals surface area contributed by atoms with Crippen molar-refractivity contribution in [3.05, 3.63) is 45.6 Å². The van der Waals surface area contributed by atoms with Crippen molar-refractivity contribution in [3.8, 4) is 0 Å². The van der Waals surface area contributed by atoms with Crippen molar-refractivity contribution in [2.45, 2.75) is 35.8 Å². The van der Waals surface area contributed by atoms with Gasteiger partial charge in [-0.3, -0.25) is 4.79 Å². The van der Waals surface area contributed by atoms with E-state index < -0.39 is 27.5 Å². The number of hydrogen-bond acceptors (Lipinski definition) is 5. The van der Waals surface area contributed by atoms with Crippen LogP contribution in [-0.4, -0.2) is 31.2 Å². The number of benzene rings is 1. The minimum absolute atomic E-state index is 0.0367. The first-order chi connectivity index (χ1) is 11.9. The first-order valence-electron chi connectivity index (χ1n) is 7.44. The van der Waals surface area contributed by atoms with Crippen molar-refractivity contribution >= 4 is 32.8 Å². The Balaban J connectivity index is 2.07. The molecule has 0 saturated carbocycles. The van der Waals surface area contributed by atoms with Gasteiger partial charge in [0.1, 0.15) is 0 Å². The Morgan fingerprint density at radius 2 is 1.96 bits per heavy atom. The number of carbonyl (C=O) groups is 1. The van der Waals surface area contributed by atoms with E-state index in [0.717, 1.165) is 4.88 Å². The fourth-order valence-corrected chi connectivity index (χ4v) is 5.31. The zero-order chi connectivity index (χ0) is 19.3. The summed E-state index contributed by atoms with van der Waals surface area (Å²) in [6.45, 7) is 0.345. The van der Waals surface area contributed by atoms with Crippen molar-refractivity contribution in [2.24, 2.45) is 0 Å². The topological polar surface area (TPSA) is 83.5 Å². The molecule has 2 aromatic rings. The highest BCUT2D eigenvalue weighted by Crippen LogP contribution is 2.37. The standard InChI is InChI=1S/C16H14F3NO4S2/c1-15(22,16(17,18)19)14(21)20-11-3-2-4-13-10(11)7-12-9(5-6-25-12)8-26(13,23)24/h2-6,22H,7-8H2,1H3,(H,20,21). The lowest BCUT2D eigenvalue weighted by molar-refractivity contribution is -0.242. The van der Waals surface area contributed by atoms with Crippen LogP contribution in [-0.2, 0) is 26.8 Å². The third kappa shape index (κ3) is 3.12. The molecule has 10 heteroatoms. The fraction of sp³-hybridized carbons (Fsp3) is 0.312. The highest BCUT2D eigenvalue weighted by atomic mass is 32.2. The van der Waals surface area contributed by atoms with E-state index in [0.29, 0.717) is 12.5 Å². The average molecular weight is 405 g/mol. The molecule has 1 aromatic heterocycles. The monoisotopic (exact) mass is 405 g/mol. The van der Waals surface area contributed by atoms with E-state index in [4.69, 9.17) is 0 Å². The van der Waals surface area contributed by atoms with Crippen molar-refractivity contribution < 1.29 is 31.5 Å². The lowest BCUT2D eigenvalue weighted by Crippen LogP contribution is -2.52. The summed E-state index contributed by atoms with van der Waals surface area (Å²) >= 11 is 1.33. The molecule has 1 aliphatic heterocycles. The molecule has 3 rings (SSSR count). The summed E-state index contributed by atoms with van der Waals surface area (Å²) < 4.78 is 63.8. The predicted octanol–water partition coefficient (Wildman–Crippen LogP) is 2.88. The maximum Gasteiger partial charge on any atom is 0.426 e. The molecule has 2 N–H and O–H groups in total. The molecule has 1 unspecified atom stereocenters. The highest BCUT2D eigenvalue weighted by Gasteiger charge is 2.55. The number of rotatable bonds is 2. The van der Waals surface area contributed by atoms with Crippen LogP contribution >= 0.6 is 11.3 Å². The van der Waals surface area contributed by atoms with Crippen LogP contribution in [0.5, 0.6) is 0 Å². The summed E-state index contributed by atoms with van der Waals surface area (Å²) in [5, 5.41) is 13.3. The van der Waals surface area contributed by atoms with E-state index in [1.165, 1.54) is 29.5 Å². The quantitative estimate of drug-likeness (QED) is 0.805. The van der Waals surface area contributed by atoms with Gasteiger partial charge in [0, 0.05) is 17.0 Å². The summed E-state index contributed by atoms with van der Waals surface area (Å²) in [7, 11) is -3.71. The van der Waals surface area contributed by atoms with E-state index in [-0.39, 0.29) is 28.3 Å². The minimum atomic E-state index is -5.17. The molecular weight excluding hydrogens is 391 g/mol. The number of halogens is 3. The van der Waals surface area contributed by atoms with Crippen molar-refractivity contribution in [3.63, 3.8) is 0 Å². The molecule has 1 atom stereocenters. The number of amides is 1. The molecule has 1 aliphatic rings. The van der Waals surface area contributed by atoms with Crippen LogP contribution in [0.15, 0.2) is 34.5 Å². The molecular formula is C16H14F3NO4S2. The minimum Gasteiger partial charge on any atom is -0.373 e. The lowest BCUT2D eigenvalue weighted by Gasteiger charge is -2.25. The second-order valence-corrected chi connectivity index (χ2v) is 9.07. The molecule has 0 fully saturated rings. The average Bonchev–Trinajstić information content (AvgIpc) is 2.89. The molecule has 0 radical (unpaired) electrons. The van der Waals surface area contributed by atoms with Gasteiger partial charge >= 0.3 is 6.18 Å². The van der Waals surface area contributed by atoms with E-state index in [2.05, 4.69) is 0 Å². The SMILES string of the molecule is CC(O)(C(=O)Nc1cccc2c1Cc1sccc1CS2(=O)=O)C(F)(F)F. The summed E-state index contributed by atoms with van der Waals surface area (Å²) in [6.07, 6.45) is -5.01. The van der Waals surface area contributed by atoms with Crippen molar-refractivity contribution in [1.82, 2.24) is 0 Å². The highest BCUT2D eigenvalue weighted by molar-refractivity contribution is 7.90. The maximum absolute atomic E-state index is 12.9. The fourth-order valence-electron chi connectivity index (χ4n) is 2.62. The maximum atomic E-state index is 12.9. The molecule has 1 aromatic carbocycles. The zero-order valence-corrected chi connectivity index (χ0v) is 15.1. The molecule has 2 heterocycles. The Bertz CT molecular complexity index is 978. The Hall–Kier alpha value is -1.91. The first-order valence-corrected chi connectivity index (χ1v) is 9.97. The summed E-state index contributed by atoms with van der Waals surface area (Å²) in [5.74, 6) is -1.89. The van der Waals surface area contributed by atoms with Gasteiger partial charge in [0.25, 0.3) is 5.91 Å². The summed E-state index contributed by atoms with van der Waals surface area (Å²) in [5.41, 5.74) is -2.83. The third-order valence-corrected chi connectivity index (χ3v) is 6.94. The Morgan fingerprint density at radius 3 is 2.62 bits per heavy atom. The Labute approximate surface area is 151 Å². The van der Waals surface area contributed by atoms with Crippen LogP contribution in [0.2, 0.25) is 0 Å². The largest absolute Gasteiger partial charge is 0.426 e. The third-order valence-electron chi connectivity index (χ3n) is 4.23. The van der Waals surface area contributed by atoms with Crippen molar-refractivity contribution in [2.75, 3.05) is 5.32 Å². The molecule has 0 spiro atoms. The molecule has 26 heavy (non-hydrogen) atoms. The molecule has 140 valence electrons. The van der Waals surface area contributed by atoms with Crippen LogP contribution in [0, 0.1) is 0 Å². The Kier molecular flexibility index (Phi) is 4.40. The van der Waals surface area contributed by atoms with Gasteiger partial charge in [0.05, 0.1) is 10.6 Å². The number of alkyl halides is 3. The van der Waals surface area contributed by atoms with Gasteiger partial charge in [-0.2, -0.15) is 13.2 Å². The second-order valence-electron chi connectivity index (χ2n) is 6.11. The van der Waals surface area contributed by atoms with E-state index in [9.17, 15) is 31.5 Å². The normalized spacial score (nSPS) is 18.2. The van der Waals surface area contributed by atoms with E-state index in [1.807, 2.05) is 5.32 Å². The van der Waals surface area contributed by atoms with Gasteiger partial charge in [-0.05, 0) is 41.6 Å². The van der Waals surface area contributed by atoms with Gasteiger partial charge in [0.15, 0.2) is 9.84 Å². The smallest absolute Gasteiger partial charge is 0.373 e. The molecule has 0 saturated heterocycles. The predicted molar refractivity (Wildman–Crippen MR) is 89.8 cm³/mol. The Morgan fingerprint density at radius 1 is 1.27 bits per heavy atom. The van der Waals surface area contributed by atoms with Gasteiger partial charge in [-0.15, -0.1) is 11.3 Å². The number of thiophene rings is 1. The van der Waals surface area contributed by atoms with Crippen LogP contribution in [0.3, 0.4) is 0 Å². The molecule has 0 aliphatic carbocycles. The van der Waals surface area contributed by atoms with Crippen LogP contribution in [0.1, 0.15) is 22.9 Å². The van der Waals surface area contributed by atoms with Crippen LogP contribution < -0.4 is 5.32 Å². The number of anilines is 1. The number of carbonyl (C=O) groups excluding carboxylic acids is 1. The number of nitrogens with one attached hydrogen (secondary N) is 1. The molecule has 5 nitrogen and oxygen atoms in total. The van der Waals surface area contributed by atoms with Gasteiger partial charge in [-0.1, -0.05) is 6.07 Å². The van der Waals surface area contributed by atoms with Gasteiger partial charge < -0.3 is 10.4 Å². The molecule has 1 amide bonds. The first kappa shape index (κ1) is 18.9. The number of fused-ring (bicyclic) bond motifs is 2. The zero-order valence-electron chi connectivity index (χ0n) is 13.4. The van der Waals surface area contributed by atoms with Crippen LogP contribution in [0.25, 0.3) is 0 Å². The van der Waals surface area contributed by atoms with E-state index >= 15 is 0 Å². The lowest BCUT2D eigenvalue weighted by atomic mass is 10.0. The van der Waals surface area contributed by atoms with Crippen molar-refractivity contribution in [1.29, 1.82) is 0 Å². The van der Waals surface area contributed by atoms with Crippen LogP contribution in [0.4, 0.5) is 18.9 Å².